The summed E-state index contributed by atoms with van der Waals surface area (Å²) >= 11 is 0. The summed E-state index contributed by atoms with van der Waals surface area (Å²) in [5.41, 5.74) is 1.29. The summed E-state index contributed by atoms with van der Waals surface area (Å²) in [6.45, 7) is 6.57. The van der Waals surface area contributed by atoms with Crippen molar-refractivity contribution >= 4 is 0 Å². The van der Waals surface area contributed by atoms with Crippen LogP contribution in [0.2, 0.25) is 0 Å². The minimum Gasteiger partial charge on any atom is -0.0814 e. The van der Waals surface area contributed by atoms with Gasteiger partial charge in [-0.05, 0) is 17.4 Å². The van der Waals surface area contributed by atoms with Gasteiger partial charge >= 0.3 is 0 Å². The predicted molar refractivity (Wildman–Crippen MR) is 59.5 cm³/mol. The average Bonchev–Trinajstić information content (AvgIpc) is 2.27. The highest BCUT2D eigenvalue weighted by atomic mass is 14.0. The predicted octanol–water partition coefficient (Wildman–Crippen LogP) is 3.89. The van der Waals surface area contributed by atoms with E-state index in [1.165, 1.54) is 5.57 Å². The van der Waals surface area contributed by atoms with Crippen LogP contribution in [-0.4, -0.2) is 0 Å². The summed E-state index contributed by atoms with van der Waals surface area (Å²) in [5, 5.41) is 0. The van der Waals surface area contributed by atoms with Crippen molar-refractivity contribution in [3.63, 3.8) is 0 Å². The van der Waals surface area contributed by atoms with Crippen molar-refractivity contribution in [3.05, 3.63) is 48.1 Å². The SMILES string of the molecule is CC1C=CC=C(/C=C/C(C)C)C=C1. The fourth-order valence-corrected chi connectivity index (χ4v) is 1.14. The van der Waals surface area contributed by atoms with Gasteiger partial charge in [-0.25, -0.2) is 0 Å². The zero-order valence-electron chi connectivity index (χ0n) is 8.70. The van der Waals surface area contributed by atoms with Gasteiger partial charge in [-0.15, -0.1) is 0 Å². The van der Waals surface area contributed by atoms with Crippen LogP contribution in [0.1, 0.15) is 20.8 Å². The molecule has 0 bridgehead atoms. The van der Waals surface area contributed by atoms with E-state index in [1.807, 2.05) is 0 Å². The third-order valence-electron chi connectivity index (χ3n) is 1.97. The van der Waals surface area contributed by atoms with Crippen LogP contribution in [0.15, 0.2) is 48.1 Å². The minimum absolute atomic E-state index is 0.557. The van der Waals surface area contributed by atoms with Crippen LogP contribution in [0, 0.1) is 11.8 Å². The van der Waals surface area contributed by atoms with Gasteiger partial charge < -0.3 is 0 Å². The maximum atomic E-state index is 2.22. The lowest BCUT2D eigenvalue weighted by Gasteiger charge is -1.95. The molecule has 1 atom stereocenters. The fraction of sp³-hybridized carbons (Fsp3) is 0.385. The van der Waals surface area contributed by atoms with Gasteiger partial charge in [0.15, 0.2) is 0 Å². The Labute approximate surface area is 81.4 Å². The molecular weight excluding hydrogens is 156 g/mol. The first-order valence-electron chi connectivity index (χ1n) is 4.93. The number of hydrogen-bond donors (Lipinski definition) is 0. The van der Waals surface area contributed by atoms with E-state index >= 15 is 0 Å². The highest BCUT2D eigenvalue weighted by Gasteiger charge is 1.94. The second kappa shape index (κ2) is 4.86. The molecule has 0 aromatic heterocycles. The first-order valence-corrected chi connectivity index (χ1v) is 4.93. The second-order valence-electron chi connectivity index (χ2n) is 3.87. The van der Waals surface area contributed by atoms with E-state index in [2.05, 4.69) is 63.3 Å². The molecule has 0 fully saturated rings. The van der Waals surface area contributed by atoms with Crippen molar-refractivity contribution in [2.45, 2.75) is 20.8 Å². The molecule has 1 unspecified atom stereocenters. The monoisotopic (exact) mass is 174 g/mol. The largest absolute Gasteiger partial charge is 0.0814 e. The molecule has 0 saturated heterocycles. The first kappa shape index (κ1) is 10.0. The van der Waals surface area contributed by atoms with Gasteiger partial charge in [0.25, 0.3) is 0 Å². The molecule has 0 spiro atoms. The van der Waals surface area contributed by atoms with Crippen molar-refractivity contribution < 1.29 is 0 Å². The lowest BCUT2D eigenvalue weighted by atomic mass is 10.1. The Kier molecular flexibility index (Phi) is 3.75. The summed E-state index contributed by atoms with van der Waals surface area (Å²) in [7, 11) is 0. The van der Waals surface area contributed by atoms with Crippen LogP contribution >= 0.6 is 0 Å². The van der Waals surface area contributed by atoms with E-state index in [4.69, 9.17) is 0 Å². The van der Waals surface area contributed by atoms with E-state index in [9.17, 15) is 0 Å². The molecule has 0 amide bonds. The third-order valence-corrected chi connectivity index (χ3v) is 1.97. The number of allylic oxidation sites excluding steroid dienone is 8. The van der Waals surface area contributed by atoms with Crippen molar-refractivity contribution in [2.75, 3.05) is 0 Å². The molecule has 1 rings (SSSR count). The highest BCUT2D eigenvalue weighted by Crippen LogP contribution is 2.11. The summed E-state index contributed by atoms with van der Waals surface area (Å²) in [4.78, 5) is 0. The number of hydrogen-bond acceptors (Lipinski definition) is 0. The molecule has 0 radical (unpaired) electrons. The fourth-order valence-electron chi connectivity index (χ4n) is 1.14. The van der Waals surface area contributed by atoms with Gasteiger partial charge in [-0.1, -0.05) is 63.3 Å². The van der Waals surface area contributed by atoms with Gasteiger partial charge in [0.1, 0.15) is 0 Å². The molecule has 0 aromatic rings. The Bertz CT molecular complexity index is 262. The quantitative estimate of drug-likeness (QED) is 0.596. The molecule has 13 heavy (non-hydrogen) atoms. The normalized spacial score (nSPS) is 22.5. The maximum Gasteiger partial charge on any atom is -0.00754 e. The summed E-state index contributed by atoms with van der Waals surface area (Å²) in [6.07, 6.45) is 15.3. The molecular formula is C13H18. The maximum absolute atomic E-state index is 2.22. The van der Waals surface area contributed by atoms with Gasteiger partial charge in [0.05, 0.1) is 0 Å². The second-order valence-corrected chi connectivity index (χ2v) is 3.87. The minimum atomic E-state index is 0.557. The summed E-state index contributed by atoms with van der Waals surface area (Å²) < 4.78 is 0. The molecule has 0 heteroatoms. The first-order chi connectivity index (χ1) is 6.18. The standard InChI is InChI=1S/C13H18/c1-11(2)7-9-13-6-4-5-12(3)8-10-13/h4-12H,1-3H3/b9-7+. The Morgan fingerprint density at radius 2 is 2.08 bits per heavy atom. The van der Waals surface area contributed by atoms with Crippen molar-refractivity contribution in [2.24, 2.45) is 11.8 Å². The van der Waals surface area contributed by atoms with E-state index < -0.39 is 0 Å². The molecule has 0 N–H and O–H groups in total. The smallest absolute Gasteiger partial charge is 0.00754 e. The summed E-state index contributed by atoms with van der Waals surface area (Å²) in [6, 6.07) is 0. The van der Waals surface area contributed by atoms with Crippen molar-refractivity contribution in [3.8, 4) is 0 Å². The molecule has 0 aromatic carbocycles. The Morgan fingerprint density at radius 1 is 1.31 bits per heavy atom. The number of rotatable bonds is 2. The molecule has 0 saturated carbocycles. The van der Waals surface area contributed by atoms with Crippen molar-refractivity contribution in [1.29, 1.82) is 0 Å². The molecule has 0 heterocycles. The van der Waals surface area contributed by atoms with Gasteiger partial charge in [0.2, 0.25) is 0 Å². The zero-order chi connectivity index (χ0) is 9.68. The van der Waals surface area contributed by atoms with Crippen LogP contribution in [0.25, 0.3) is 0 Å². The highest BCUT2D eigenvalue weighted by molar-refractivity contribution is 5.36. The zero-order valence-corrected chi connectivity index (χ0v) is 8.70. The Hall–Kier alpha value is -1.04. The van der Waals surface area contributed by atoms with Crippen LogP contribution in [0.4, 0.5) is 0 Å². The molecule has 1 aliphatic rings. The van der Waals surface area contributed by atoms with Gasteiger partial charge in [-0.2, -0.15) is 0 Å². The lowest BCUT2D eigenvalue weighted by Crippen LogP contribution is -1.80. The molecule has 70 valence electrons. The lowest BCUT2D eigenvalue weighted by molar-refractivity contribution is 0.831. The molecule has 0 aliphatic heterocycles. The molecule has 1 aliphatic carbocycles. The van der Waals surface area contributed by atoms with Crippen LogP contribution in [-0.2, 0) is 0 Å². The van der Waals surface area contributed by atoms with Crippen LogP contribution < -0.4 is 0 Å². The van der Waals surface area contributed by atoms with Crippen LogP contribution in [0.3, 0.4) is 0 Å². The van der Waals surface area contributed by atoms with E-state index in [0.29, 0.717) is 11.8 Å². The van der Waals surface area contributed by atoms with Crippen LogP contribution in [0.5, 0.6) is 0 Å². The average molecular weight is 174 g/mol. The topological polar surface area (TPSA) is 0 Å². The Morgan fingerprint density at radius 3 is 2.77 bits per heavy atom. The van der Waals surface area contributed by atoms with Gasteiger partial charge in [-0.3, -0.25) is 0 Å². The van der Waals surface area contributed by atoms with E-state index in [1.54, 1.807) is 0 Å². The third kappa shape index (κ3) is 3.93. The van der Waals surface area contributed by atoms with Crippen molar-refractivity contribution in [1.82, 2.24) is 0 Å². The Balaban J connectivity index is 2.66. The van der Waals surface area contributed by atoms with E-state index in [-0.39, 0.29) is 0 Å². The summed E-state index contributed by atoms with van der Waals surface area (Å²) in [5.74, 6) is 1.18. The van der Waals surface area contributed by atoms with Gasteiger partial charge in [0, 0.05) is 0 Å². The van der Waals surface area contributed by atoms with E-state index in [0.717, 1.165) is 0 Å². The molecule has 0 nitrogen and oxygen atoms in total.